The number of carbonyl (C=O) groups is 2. The number of carbonyl (C=O) groups excluding carboxylic acids is 2. The second kappa shape index (κ2) is 18.5. The molecular formula is C58H49N6O4S2+. The topological polar surface area (TPSA) is 154 Å². The van der Waals surface area contributed by atoms with E-state index in [-0.39, 0.29) is 36.2 Å². The number of nitrogen functional groups attached to an aromatic ring is 2. The number of hydrogen-bond acceptors (Lipinski definition) is 10. The number of thioether (sulfide) groups is 1. The number of benzene rings is 5. The Morgan fingerprint density at radius 3 is 1.49 bits per heavy atom. The summed E-state index contributed by atoms with van der Waals surface area (Å²) >= 11 is 3.44. The van der Waals surface area contributed by atoms with Crippen LogP contribution in [0.4, 0.5) is 11.6 Å². The molecule has 70 heavy (non-hydrogen) atoms. The third-order valence-corrected chi connectivity index (χ3v) is 15.5. The predicted octanol–water partition coefficient (Wildman–Crippen LogP) is 11.5. The fourth-order valence-corrected chi connectivity index (χ4v) is 11.8. The van der Waals surface area contributed by atoms with E-state index in [0.717, 1.165) is 65.7 Å². The number of aromatic nitrogens is 2. The smallest absolute Gasteiger partial charge is 0.251 e. The van der Waals surface area contributed by atoms with Crippen LogP contribution >= 0.6 is 23.5 Å². The van der Waals surface area contributed by atoms with Gasteiger partial charge in [0.25, 0.3) is 11.8 Å². The minimum absolute atomic E-state index is 0.0735. The first-order valence-corrected chi connectivity index (χ1v) is 24.8. The molecule has 2 aromatic heterocycles. The van der Waals surface area contributed by atoms with E-state index in [1.165, 1.54) is 32.0 Å². The van der Waals surface area contributed by atoms with Gasteiger partial charge in [0.05, 0.1) is 18.2 Å². The summed E-state index contributed by atoms with van der Waals surface area (Å²) in [5.74, 6) is 0.763. The third kappa shape index (κ3) is 8.59. The van der Waals surface area contributed by atoms with Crippen LogP contribution in [-0.4, -0.2) is 21.8 Å². The molecule has 0 saturated carbocycles. The molecular weight excluding hydrogens is 909 g/mol. The van der Waals surface area contributed by atoms with Crippen LogP contribution in [0.3, 0.4) is 0 Å². The van der Waals surface area contributed by atoms with Crippen LogP contribution in [-0.2, 0) is 22.6 Å². The van der Waals surface area contributed by atoms with Gasteiger partial charge < -0.3 is 31.6 Å². The number of hydrogen-bond donors (Lipinski definition) is 4. The summed E-state index contributed by atoms with van der Waals surface area (Å²) < 4.78 is 12.7. The Kier molecular flexibility index (Phi) is 12.0. The Hall–Kier alpha value is -7.31. The molecule has 0 saturated heterocycles. The van der Waals surface area contributed by atoms with Gasteiger partial charge in [-0.15, -0.1) is 0 Å². The van der Waals surface area contributed by atoms with Crippen molar-refractivity contribution in [3.63, 3.8) is 0 Å². The van der Waals surface area contributed by atoms with E-state index in [1.54, 1.807) is 23.5 Å². The molecule has 12 heteroatoms. The zero-order chi connectivity index (χ0) is 48.2. The quantitative estimate of drug-likeness (QED) is 0.0974. The minimum atomic E-state index is -0.149. The van der Waals surface area contributed by atoms with Crippen molar-refractivity contribution in [2.24, 2.45) is 0 Å². The molecule has 0 spiro atoms. The van der Waals surface area contributed by atoms with Crippen LogP contribution in [0, 0.1) is 33.8 Å². The fourth-order valence-electron chi connectivity index (χ4n) is 10.1. The van der Waals surface area contributed by atoms with Crippen molar-refractivity contribution in [2.75, 3.05) is 11.5 Å². The van der Waals surface area contributed by atoms with Crippen molar-refractivity contribution in [1.82, 2.24) is 20.6 Å². The average Bonchev–Trinajstić information content (AvgIpc) is 4.13. The molecule has 4 bridgehead atoms. The van der Waals surface area contributed by atoms with Gasteiger partial charge in [0, 0.05) is 56.4 Å². The third-order valence-electron chi connectivity index (χ3n) is 13.5. The van der Waals surface area contributed by atoms with Crippen LogP contribution < -0.4 is 22.1 Å². The molecule has 7 aromatic rings. The molecule has 6 heterocycles. The monoisotopic (exact) mass is 957 g/mol. The van der Waals surface area contributed by atoms with Crippen molar-refractivity contribution in [3.8, 4) is 0 Å². The number of amides is 2. The number of rotatable bonds is 10. The standard InChI is InChI=1S/C29H25N3O2S.C29H23N3O2S/c1-16-12-26(30)32-17(2)25(16)15-31-29(33)18-8-10-21-23(13-18)27-22-11-9-20(14-24(22)28(21)34-27)35-19-6-4-3-5-7-19;1-16-12-26(30)32-17(2)25(16)15-31-29(33)18-8-10-21-23(13-18)28-24-14-20(9-11-22(24)27(21)34-28)35-19-6-4-3-5-7-19/h3-14,27-28H,15H2,1-2H3,(H2,30,32)(H,31,33);3-6,8-14,27-28H,15H2,1-2H3,(H2-,30,31,32,33)/p+1. The van der Waals surface area contributed by atoms with Gasteiger partial charge in [0.1, 0.15) is 42.1 Å². The predicted molar refractivity (Wildman–Crippen MR) is 275 cm³/mol. The lowest BCUT2D eigenvalue weighted by Gasteiger charge is -2.18. The molecule has 2 amide bonds. The summed E-state index contributed by atoms with van der Waals surface area (Å²) in [6, 6.07) is 38.9. The Morgan fingerprint density at radius 2 is 1.00 bits per heavy atom. The van der Waals surface area contributed by atoms with Crippen LogP contribution in [0.2, 0.25) is 0 Å². The molecule has 1 aliphatic carbocycles. The summed E-state index contributed by atoms with van der Waals surface area (Å²) in [4.78, 5) is 39.3. The van der Waals surface area contributed by atoms with Crippen molar-refractivity contribution in [2.45, 2.75) is 79.9 Å². The molecule has 4 aliphatic heterocycles. The Labute approximate surface area is 415 Å². The Morgan fingerprint density at radius 1 is 0.543 bits per heavy atom. The van der Waals surface area contributed by atoms with Crippen molar-refractivity contribution >= 4 is 47.0 Å². The first-order chi connectivity index (χ1) is 33.9. The fraction of sp³-hybridized carbons (Fsp3) is 0.172. The highest BCUT2D eigenvalue weighted by atomic mass is 32.2. The van der Waals surface area contributed by atoms with Gasteiger partial charge >= 0.3 is 0 Å². The van der Waals surface area contributed by atoms with Gasteiger partial charge in [-0.25, -0.2) is 9.97 Å². The van der Waals surface area contributed by atoms with Crippen molar-refractivity contribution in [3.05, 3.63) is 240 Å². The van der Waals surface area contributed by atoms with E-state index in [1.807, 2.05) is 101 Å². The minimum Gasteiger partial charge on any atom is -0.384 e. The van der Waals surface area contributed by atoms with Gasteiger partial charge in [-0.05, 0) is 167 Å². The first kappa shape index (κ1) is 45.2. The van der Waals surface area contributed by atoms with E-state index in [2.05, 4.69) is 93.4 Å². The summed E-state index contributed by atoms with van der Waals surface area (Å²) in [6.45, 7) is 8.61. The molecule has 4 unspecified atom stereocenters. The number of fused-ring (bicyclic) bond motifs is 16. The van der Waals surface area contributed by atoms with Gasteiger partial charge in [-0.2, -0.15) is 0 Å². The largest absolute Gasteiger partial charge is 0.384 e. The lowest BCUT2D eigenvalue weighted by molar-refractivity contribution is 0.0855. The van der Waals surface area contributed by atoms with Crippen LogP contribution in [0.5, 0.6) is 0 Å². The van der Waals surface area contributed by atoms with Gasteiger partial charge in [-0.3, -0.25) is 9.59 Å². The molecule has 0 fully saturated rings. The summed E-state index contributed by atoms with van der Waals surface area (Å²) in [6.07, 6.45) is 10.8. The van der Waals surface area contributed by atoms with E-state index in [4.69, 9.17) is 20.9 Å². The molecule has 5 aliphatic rings. The number of nitrogens with two attached hydrogens (primary N) is 2. The maximum Gasteiger partial charge on any atom is 0.251 e. The Bertz CT molecular complexity index is 3340. The summed E-state index contributed by atoms with van der Waals surface area (Å²) in [5, 5.41) is 6.08. The molecule has 346 valence electrons. The lowest BCUT2D eigenvalue weighted by Crippen LogP contribution is -2.24. The van der Waals surface area contributed by atoms with Crippen molar-refractivity contribution < 1.29 is 19.1 Å². The highest BCUT2D eigenvalue weighted by molar-refractivity contribution is 8.03. The lowest BCUT2D eigenvalue weighted by atomic mass is 9.85. The van der Waals surface area contributed by atoms with Crippen LogP contribution in [0.25, 0.3) is 0 Å². The highest BCUT2D eigenvalue weighted by Gasteiger charge is 2.44. The molecule has 6 N–H and O–H groups in total. The normalized spacial score (nSPS) is 17.9. The second-order valence-electron chi connectivity index (χ2n) is 18.0. The maximum atomic E-state index is 13.0. The number of pyridine rings is 2. The van der Waals surface area contributed by atoms with Crippen LogP contribution in [0.15, 0.2) is 159 Å². The number of aryl methyl sites for hydroxylation is 4. The molecule has 5 aromatic carbocycles. The molecule has 4 atom stereocenters. The van der Waals surface area contributed by atoms with Gasteiger partial charge in [0.2, 0.25) is 0 Å². The zero-order valence-electron chi connectivity index (χ0n) is 39.0. The van der Waals surface area contributed by atoms with Gasteiger partial charge in [0.15, 0.2) is 4.91 Å². The summed E-state index contributed by atoms with van der Waals surface area (Å²) in [7, 11) is 0. The van der Waals surface area contributed by atoms with Crippen molar-refractivity contribution in [1.29, 1.82) is 0 Å². The van der Waals surface area contributed by atoms with Gasteiger partial charge in [-0.1, -0.05) is 66.0 Å². The zero-order valence-corrected chi connectivity index (χ0v) is 40.6. The molecule has 10 nitrogen and oxygen atoms in total. The highest BCUT2D eigenvalue weighted by Crippen LogP contribution is 2.56. The Balaban J connectivity index is 0.000000152. The van der Waals surface area contributed by atoms with E-state index in [9.17, 15) is 9.59 Å². The van der Waals surface area contributed by atoms with E-state index >= 15 is 0 Å². The van der Waals surface area contributed by atoms with E-state index in [0.29, 0.717) is 35.9 Å². The number of nitrogens with one attached hydrogen (secondary N) is 2. The average molecular weight is 958 g/mol. The SMILES string of the molecule is Cc1cc(N)nc(C)c1CNC(=O)c1ccc2c(c1)C1OC2c2cc(Sc3ccccc3)ccc21.Cc1cc(N)nc(C)c1CNC(=O)c1ccc2c(c1)C1OC2c2ccc(SC3=CC=CC=[C+]3)cc21. The maximum absolute atomic E-state index is 13.0. The number of ether oxygens (including phenoxy) is 2. The number of anilines is 2. The summed E-state index contributed by atoms with van der Waals surface area (Å²) in [5.41, 5.74) is 27.9. The van der Waals surface area contributed by atoms with Crippen LogP contribution in [0.1, 0.15) is 123 Å². The number of allylic oxidation sites excluding steroid dienone is 5. The molecule has 12 rings (SSSR count). The number of nitrogens with zero attached hydrogens (tertiary/aromatic N) is 2. The van der Waals surface area contributed by atoms with E-state index < -0.39 is 0 Å². The second-order valence-corrected chi connectivity index (χ2v) is 20.3. The molecule has 0 radical (unpaired) electrons. The first-order valence-electron chi connectivity index (χ1n) is 23.2.